The quantitative estimate of drug-likeness (QED) is 0.843. The summed E-state index contributed by atoms with van der Waals surface area (Å²) in [6.45, 7) is 7.83. The van der Waals surface area contributed by atoms with Gasteiger partial charge >= 0.3 is 5.97 Å². The fourth-order valence-electron chi connectivity index (χ4n) is 1.99. The highest BCUT2D eigenvalue weighted by molar-refractivity contribution is 5.69. The van der Waals surface area contributed by atoms with Crippen LogP contribution in [0.5, 0.6) is 0 Å². The van der Waals surface area contributed by atoms with Crippen LogP contribution in [0.15, 0.2) is 12.1 Å². The monoisotopic (exact) mass is 235 g/mol. The van der Waals surface area contributed by atoms with Crippen LogP contribution in [0.25, 0.3) is 0 Å². The van der Waals surface area contributed by atoms with E-state index in [1.165, 1.54) is 11.1 Å². The van der Waals surface area contributed by atoms with Crippen LogP contribution in [0, 0.1) is 26.7 Å². The normalized spacial score (nSPS) is 14.4. The molecule has 0 radical (unpaired) electrons. The van der Waals surface area contributed by atoms with Gasteiger partial charge in [-0.15, -0.1) is 0 Å². The first-order valence-corrected chi connectivity index (χ1v) is 5.89. The van der Waals surface area contributed by atoms with Crippen molar-refractivity contribution in [3.63, 3.8) is 0 Å². The van der Waals surface area contributed by atoms with E-state index in [0.29, 0.717) is 6.42 Å². The fourth-order valence-corrected chi connectivity index (χ4v) is 1.99. The van der Waals surface area contributed by atoms with E-state index < -0.39 is 11.9 Å². The van der Waals surface area contributed by atoms with E-state index in [1.807, 2.05) is 13.8 Å². The number of hydrogen-bond donors (Lipinski definition) is 2. The summed E-state index contributed by atoms with van der Waals surface area (Å²) in [6, 6.07) is 3.97. The molecule has 0 fully saturated rings. The molecule has 0 amide bonds. The van der Waals surface area contributed by atoms with E-state index in [-0.39, 0.29) is 6.04 Å². The standard InChI is InChI=1S/C14H21NO2/c1-8-5-10(3)12(6-9(8)2)13(15)7-11(4)14(16)17/h5-6,11,13H,7,15H2,1-4H3,(H,16,17). The first kappa shape index (κ1) is 13.7. The predicted molar refractivity (Wildman–Crippen MR) is 69.0 cm³/mol. The average Bonchev–Trinajstić information content (AvgIpc) is 2.22. The molecule has 1 aromatic rings. The van der Waals surface area contributed by atoms with Gasteiger partial charge in [0.2, 0.25) is 0 Å². The molecule has 3 N–H and O–H groups in total. The Kier molecular flexibility index (Phi) is 4.29. The van der Waals surface area contributed by atoms with Gasteiger partial charge in [0, 0.05) is 6.04 Å². The van der Waals surface area contributed by atoms with Crippen LogP contribution in [0.2, 0.25) is 0 Å². The summed E-state index contributed by atoms with van der Waals surface area (Å²) >= 11 is 0. The van der Waals surface area contributed by atoms with Gasteiger partial charge in [-0.1, -0.05) is 19.1 Å². The second-order valence-electron chi connectivity index (χ2n) is 4.87. The number of carboxylic acids is 1. The molecule has 0 saturated heterocycles. The SMILES string of the molecule is Cc1cc(C)c(C(N)CC(C)C(=O)O)cc1C. The summed E-state index contributed by atoms with van der Waals surface area (Å²) in [5.74, 6) is -1.20. The molecule has 0 aliphatic heterocycles. The molecule has 0 heterocycles. The van der Waals surface area contributed by atoms with Gasteiger partial charge in [-0.05, 0) is 49.4 Å². The van der Waals surface area contributed by atoms with Crippen molar-refractivity contribution in [3.8, 4) is 0 Å². The van der Waals surface area contributed by atoms with E-state index in [2.05, 4.69) is 19.1 Å². The summed E-state index contributed by atoms with van der Waals surface area (Å²) in [7, 11) is 0. The minimum absolute atomic E-state index is 0.208. The molecule has 1 aromatic carbocycles. The number of aryl methyl sites for hydroxylation is 3. The molecule has 0 aliphatic rings. The number of carboxylic acid groups (broad SMARTS) is 1. The molecule has 0 aliphatic carbocycles. The molecule has 3 heteroatoms. The van der Waals surface area contributed by atoms with E-state index in [1.54, 1.807) is 6.92 Å². The number of rotatable bonds is 4. The Balaban J connectivity index is 2.92. The Morgan fingerprint density at radius 1 is 1.24 bits per heavy atom. The minimum atomic E-state index is -0.790. The van der Waals surface area contributed by atoms with Crippen LogP contribution >= 0.6 is 0 Å². The molecular formula is C14H21NO2. The van der Waals surface area contributed by atoms with Crippen molar-refractivity contribution in [2.75, 3.05) is 0 Å². The van der Waals surface area contributed by atoms with Crippen molar-refractivity contribution in [2.45, 2.75) is 40.2 Å². The maximum absolute atomic E-state index is 10.8. The largest absolute Gasteiger partial charge is 0.481 e. The van der Waals surface area contributed by atoms with Crippen molar-refractivity contribution in [1.82, 2.24) is 0 Å². The van der Waals surface area contributed by atoms with Crippen LogP contribution in [0.1, 0.15) is 41.6 Å². The zero-order valence-electron chi connectivity index (χ0n) is 10.9. The van der Waals surface area contributed by atoms with Gasteiger partial charge in [0.05, 0.1) is 5.92 Å². The van der Waals surface area contributed by atoms with Gasteiger partial charge in [-0.2, -0.15) is 0 Å². The summed E-state index contributed by atoms with van der Waals surface area (Å²) in [5.41, 5.74) is 10.7. The fraction of sp³-hybridized carbons (Fsp3) is 0.500. The highest BCUT2D eigenvalue weighted by Crippen LogP contribution is 2.25. The van der Waals surface area contributed by atoms with Gasteiger partial charge in [-0.25, -0.2) is 0 Å². The van der Waals surface area contributed by atoms with Crippen molar-refractivity contribution in [2.24, 2.45) is 11.7 Å². The second-order valence-corrected chi connectivity index (χ2v) is 4.87. The number of hydrogen-bond acceptors (Lipinski definition) is 2. The number of carbonyl (C=O) groups is 1. The zero-order chi connectivity index (χ0) is 13.2. The van der Waals surface area contributed by atoms with Gasteiger partial charge in [-0.3, -0.25) is 4.79 Å². The smallest absolute Gasteiger partial charge is 0.306 e. The summed E-state index contributed by atoms with van der Waals surface area (Å²) in [4.78, 5) is 10.8. The highest BCUT2D eigenvalue weighted by atomic mass is 16.4. The Labute approximate surface area is 103 Å². The Bertz CT molecular complexity index is 426. The van der Waals surface area contributed by atoms with Crippen LogP contribution in [-0.4, -0.2) is 11.1 Å². The average molecular weight is 235 g/mol. The first-order chi connectivity index (χ1) is 7.82. The van der Waals surface area contributed by atoms with Crippen molar-refractivity contribution in [3.05, 3.63) is 34.4 Å². The third kappa shape index (κ3) is 3.30. The lowest BCUT2D eigenvalue weighted by Gasteiger charge is -2.18. The summed E-state index contributed by atoms with van der Waals surface area (Å²) < 4.78 is 0. The van der Waals surface area contributed by atoms with Gasteiger partial charge in [0.25, 0.3) is 0 Å². The van der Waals surface area contributed by atoms with Crippen LogP contribution in [-0.2, 0) is 4.79 Å². The maximum Gasteiger partial charge on any atom is 0.306 e. The zero-order valence-corrected chi connectivity index (χ0v) is 10.9. The first-order valence-electron chi connectivity index (χ1n) is 5.89. The highest BCUT2D eigenvalue weighted by Gasteiger charge is 2.18. The lowest BCUT2D eigenvalue weighted by Crippen LogP contribution is -2.20. The van der Waals surface area contributed by atoms with E-state index >= 15 is 0 Å². The molecule has 0 bridgehead atoms. The molecular weight excluding hydrogens is 214 g/mol. The number of benzene rings is 1. The van der Waals surface area contributed by atoms with Crippen molar-refractivity contribution in [1.29, 1.82) is 0 Å². The van der Waals surface area contributed by atoms with Gasteiger partial charge < -0.3 is 10.8 Å². The molecule has 2 unspecified atom stereocenters. The lowest BCUT2D eigenvalue weighted by molar-refractivity contribution is -0.141. The third-order valence-corrected chi connectivity index (χ3v) is 3.31. The van der Waals surface area contributed by atoms with Crippen LogP contribution in [0.4, 0.5) is 0 Å². The summed E-state index contributed by atoms with van der Waals surface area (Å²) in [6.07, 6.45) is 0.471. The number of nitrogens with two attached hydrogens (primary N) is 1. The van der Waals surface area contributed by atoms with E-state index in [9.17, 15) is 4.79 Å². The van der Waals surface area contributed by atoms with Gasteiger partial charge in [0.1, 0.15) is 0 Å². The Hall–Kier alpha value is -1.35. The molecule has 0 spiro atoms. The van der Waals surface area contributed by atoms with Crippen LogP contribution < -0.4 is 5.73 Å². The molecule has 17 heavy (non-hydrogen) atoms. The molecule has 3 nitrogen and oxygen atoms in total. The Morgan fingerprint density at radius 3 is 2.29 bits per heavy atom. The second kappa shape index (κ2) is 5.32. The topological polar surface area (TPSA) is 63.3 Å². The number of aliphatic carboxylic acids is 1. The predicted octanol–water partition coefficient (Wildman–Crippen LogP) is 2.72. The summed E-state index contributed by atoms with van der Waals surface area (Å²) in [5, 5.41) is 8.89. The van der Waals surface area contributed by atoms with Gasteiger partial charge in [0.15, 0.2) is 0 Å². The molecule has 2 atom stereocenters. The van der Waals surface area contributed by atoms with Crippen molar-refractivity contribution < 1.29 is 9.90 Å². The van der Waals surface area contributed by atoms with Crippen molar-refractivity contribution >= 4 is 5.97 Å². The maximum atomic E-state index is 10.8. The lowest BCUT2D eigenvalue weighted by atomic mass is 9.91. The molecule has 0 saturated carbocycles. The van der Waals surface area contributed by atoms with Crippen LogP contribution in [0.3, 0.4) is 0 Å². The minimum Gasteiger partial charge on any atom is -0.481 e. The molecule has 1 rings (SSSR count). The van der Waals surface area contributed by atoms with E-state index in [0.717, 1.165) is 11.1 Å². The van der Waals surface area contributed by atoms with E-state index in [4.69, 9.17) is 10.8 Å². The molecule has 94 valence electrons. The molecule has 0 aromatic heterocycles. The Morgan fingerprint density at radius 2 is 1.76 bits per heavy atom. The third-order valence-electron chi connectivity index (χ3n) is 3.31.